The number of rotatable bonds is 39. The zero-order valence-corrected chi connectivity index (χ0v) is 36.8. The van der Waals surface area contributed by atoms with Gasteiger partial charge in [-0.05, 0) is 31.8 Å². The number of carbonyl (C=O) groups is 1. The smallest absolute Gasteiger partial charge is 0.244 e. The van der Waals surface area contributed by atoms with Crippen LogP contribution in [0.5, 0.6) is 0 Å². The Bertz CT molecular complexity index is 961. The second kappa shape index (κ2) is 37.7. The molecule has 0 radical (unpaired) electrons. The highest BCUT2D eigenvalue weighted by molar-refractivity contribution is 5.87. The van der Waals surface area contributed by atoms with Crippen LogP contribution in [0, 0.1) is 0 Å². The summed E-state index contributed by atoms with van der Waals surface area (Å²) in [6, 6.07) is -1.27. The highest BCUT2D eigenvalue weighted by Gasteiger charge is 2.48. The third-order valence-electron chi connectivity index (χ3n) is 11.9. The lowest BCUT2D eigenvalue weighted by Crippen LogP contribution is -2.65. The van der Waals surface area contributed by atoms with Crippen molar-refractivity contribution in [2.24, 2.45) is 0 Å². The normalized spacial score (nSPS) is 21.7. The van der Waals surface area contributed by atoms with E-state index >= 15 is 0 Å². The Hall–Kier alpha value is -1.33. The predicted molar refractivity (Wildman–Crippen MR) is 235 cm³/mol. The molecule has 1 amide bonds. The fourth-order valence-electron chi connectivity index (χ4n) is 8.01. The third kappa shape index (κ3) is 27.2. The zero-order chi connectivity index (χ0) is 41.8. The Balaban J connectivity index is 2.38. The predicted octanol–water partition coefficient (Wildman–Crippen LogP) is 9.67. The average Bonchev–Trinajstić information content (AvgIpc) is 3.21. The van der Waals surface area contributed by atoms with Crippen molar-refractivity contribution in [1.29, 1.82) is 0 Å². The van der Waals surface area contributed by atoms with Gasteiger partial charge in [0.1, 0.15) is 36.6 Å². The Morgan fingerprint density at radius 1 is 0.544 bits per heavy atom. The second-order valence-corrected chi connectivity index (χ2v) is 17.1. The molecule has 1 saturated heterocycles. The third-order valence-corrected chi connectivity index (χ3v) is 11.9. The molecule has 1 fully saturated rings. The fraction of sp³-hybridized carbons (Fsp3) is 0.896. The molecule has 57 heavy (non-hydrogen) atoms. The lowest BCUT2D eigenvalue weighted by atomic mass is 9.88. The number of carbonyl (C=O) groups excluding carboxylic acids is 1. The molecule has 2 unspecified atom stereocenters. The standard InChI is InChI=1S/C48H91NO8/c1-3-5-7-9-11-13-15-17-18-19-20-21-22-23-24-26-28-30-32-34-36-38-42(52)49-43(45(54)48-47(56)46(55)44(53)41(39-50)57-48)40(51)37-35-33-31-29-27-25-16-14-12-10-8-6-4-2/h35-38,40-41,43-48,50-51,53-56H,3-34,39H2,1-2H3,(H,49,52)/b37-35+,38-36?/t40-,41-,43-,44+,45?,46+,47-,48?/m1/s1. The van der Waals surface area contributed by atoms with Crippen LogP contribution in [0.4, 0.5) is 0 Å². The Labute approximate surface area is 349 Å². The van der Waals surface area contributed by atoms with Crippen LogP contribution in [0.25, 0.3) is 0 Å². The van der Waals surface area contributed by atoms with Gasteiger partial charge in [-0.3, -0.25) is 4.79 Å². The van der Waals surface area contributed by atoms with Gasteiger partial charge in [-0.15, -0.1) is 0 Å². The number of hydrogen-bond donors (Lipinski definition) is 7. The van der Waals surface area contributed by atoms with E-state index in [2.05, 4.69) is 19.2 Å². The van der Waals surface area contributed by atoms with Gasteiger partial charge in [0.2, 0.25) is 5.91 Å². The topological polar surface area (TPSA) is 160 Å². The first-order valence-electron chi connectivity index (χ1n) is 24.1. The molecule has 9 nitrogen and oxygen atoms in total. The van der Waals surface area contributed by atoms with Gasteiger partial charge in [0.05, 0.1) is 18.8 Å². The number of ether oxygens (including phenoxy) is 1. The molecule has 8 atom stereocenters. The van der Waals surface area contributed by atoms with Gasteiger partial charge in [-0.2, -0.15) is 0 Å². The first-order valence-corrected chi connectivity index (χ1v) is 24.1. The molecular weight excluding hydrogens is 719 g/mol. The van der Waals surface area contributed by atoms with Crippen molar-refractivity contribution in [3.05, 3.63) is 24.3 Å². The first kappa shape index (κ1) is 53.7. The quantitative estimate of drug-likeness (QED) is 0.0184. The molecule has 0 aromatic heterocycles. The van der Waals surface area contributed by atoms with Crippen LogP contribution in [0.2, 0.25) is 0 Å². The summed E-state index contributed by atoms with van der Waals surface area (Å²) in [6.45, 7) is 3.87. The van der Waals surface area contributed by atoms with Crippen molar-refractivity contribution in [3.8, 4) is 0 Å². The van der Waals surface area contributed by atoms with Crippen molar-refractivity contribution in [1.82, 2.24) is 5.32 Å². The lowest BCUT2D eigenvalue weighted by molar-refractivity contribution is -0.253. The molecule has 1 rings (SSSR count). The summed E-state index contributed by atoms with van der Waals surface area (Å²) in [4.78, 5) is 13.0. The van der Waals surface area contributed by atoms with E-state index in [0.717, 1.165) is 38.5 Å². The number of amides is 1. The van der Waals surface area contributed by atoms with Crippen molar-refractivity contribution in [2.45, 2.75) is 268 Å². The molecule has 0 saturated carbocycles. The van der Waals surface area contributed by atoms with Crippen molar-refractivity contribution in [2.75, 3.05) is 6.61 Å². The van der Waals surface area contributed by atoms with Crippen molar-refractivity contribution in [3.63, 3.8) is 0 Å². The first-order chi connectivity index (χ1) is 27.8. The van der Waals surface area contributed by atoms with Gasteiger partial charge in [0.15, 0.2) is 0 Å². The van der Waals surface area contributed by atoms with E-state index in [4.69, 9.17) is 4.74 Å². The number of allylic oxidation sites excluding steroid dienone is 2. The molecule has 1 aliphatic rings. The van der Waals surface area contributed by atoms with Gasteiger partial charge < -0.3 is 40.7 Å². The molecule has 0 aliphatic carbocycles. The highest BCUT2D eigenvalue weighted by atomic mass is 16.6. The van der Waals surface area contributed by atoms with Crippen LogP contribution in [0.3, 0.4) is 0 Å². The molecule has 336 valence electrons. The van der Waals surface area contributed by atoms with E-state index in [9.17, 15) is 35.4 Å². The second-order valence-electron chi connectivity index (χ2n) is 17.1. The maximum atomic E-state index is 13.0. The van der Waals surface area contributed by atoms with Crippen molar-refractivity contribution < 1.29 is 40.2 Å². The molecule has 0 bridgehead atoms. The molecule has 9 heteroatoms. The molecule has 0 spiro atoms. The number of nitrogens with one attached hydrogen (secondary N) is 1. The van der Waals surface area contributed by atoms with E-state index in [1.165, 1.54) is 179 Å². The zero-order valence-electron chi connectivity index (χ0n) is 36.8. The lowest BCUT2D eigenvalue weighted by Gasteiger charge is -2.43. The molecule has 0 aromatic carbocycles. The van der Waals surface area contributed by atoms with E-state index in [-0.39, 0.29) is 0 Å². The minimum Gasteiger partial charge on any atom is -0.394 e. The summed E-state index contributed by atoms with van der Waals surface area (Å²) < 4.78 is 5.57. The van der Waals surface area contributed by atoms with E-state index in [0.29, 0.717) is 0 Å². The Morgan fingerprint density at radius 3 is 1.30 bits per heavy atom. The number of hydrogen-bond acceptors (Lipinski definition) is 8. The number of aliphatic hydroxyl groups excluding tert-OH is 6. The van der Waals surface area contributed by atoms with Crippen LogP contribution >= 0.6 is 0 Å². The summed E-state index contributed by atoms with van der Waals surface area (Å²) in [5.41, 5.74) is 0. The minimum absolute atomic E-state index is 0.501. The maximum Gasteiger partial charge on any atom is 0.244 e. The van der Waals surface area contributed by atoms with E-state index < -0.39 is 61.3 Å². The van der Waals surface area contributed by atoms with Crippen LogP contribution in [0.15, 0.2) is 24.3 Å². The van der Waals surface area contributed by atoms with Gasteiger partial charge in [-0.25, -0.2) is 0 Å². The molecule has 1 aliphatic heterocycles. The summed E-state index contributed by atoms with van der Waals surface area (Å²) in [5, 5.41) is 65.9. The summed E-state index contributed by atoms with van der Waals surface area (Å²) in [6.07, 6.45) is 36.3. The molecule has 0 aromatic rings. The van der Waals surface area contributed by atoms with Gasteiger partial charge >= 0.3 is 0 Å². The minimum atomic E-state index is -1.70. The largest absolute Gasteiger partial charge is 0.394 e. The van der Waals surface area contributed by atoms with E-state index in [1.807, 2.05) is 6.08 Å². The average molecular weight is 810 g/mol. The maximum absolute atomic E-state index is 13.0. The van der Waals surface area contributed by atoms with Gasteiger partial charge in [-0.1, -0.05) is 212 Å². The SMILES string of the molecule is CCCCCCCCCCCCC/C=C/[C@@H](O)[C@@H](NC(=O)C=CCCCCCCCCCCCCCCCCCCCCC)C(O)C1O[C@H](CO)[C@H](O)[C@H](O)[C@H]1O. The van der Waals surface area contributed by atoms with Crippen LogP contribution < -0.4 is 5.32 Å². The molecule has 1 heterocycles. The molecular formula is C48H91NO8. The van der Waals surface area contributed by atoms with E-state index in [1.54, 1.807) is 6.08 Å². The summed E-state index contributed by atoms with van der Waals surface area (Å²) in [7, 11) is 0. The number of unbranched alkanes of at least 4 members (excludes halogenated alkanes) is 30. The Morgan fingerprint density at radius 2 is 0.912 bits per heavy atom. The van der Waals surface area contributed by atoms with Crippen molar-refractivity contribution >= 4 is 5.91 Å². The molecule has 7 N–H and O–H groups in total. The van der Waals surface area contributed by atoms with Gasteiger partial charge in [0.25, 0.3) is 0 Å². The van der Waals surface area contributed by atoms with Gasteiger partial charge in [0, 0.05) is 0 Å². The summed E-state index contributed by atoms with van der Waals surface area (Å²) in [5.74, 6) is -0.501. The highest BCUT2D eigenvalue weighted by Crippen LogP contribution is 2.26. The number of aliphatic hydroxyl groups is 6. The monoisotopic (exact) mass is 810 g/mol. The van der Waals surface area contributed by atoms with Crippen LogP contribution in [-0.4, -0.2) is 91.9 Å². The van der Waals surface area contributed by atoms with Crippen LogP contribution in [-0.2, 0) is 9.53 Å². The fourth-order valence-corrected chi connectivity index (χ4v) is 8.01. The Kier molecular flexibility index (Phi) is 35.5. The summed E-state index contributed by atoms with van der Waals surface area (Å²) >= 11 is 0. The van der Waals surface area contributed by atoms with Crippen LogP contribution in [0.1, 0.15) is 219 Å².